The third-order valence-electron chi connectivity index (χ3n) is 4.25. The quantitative estimate of drug-likeness (QED) is 0.641. The van der Waals surface area contributed by atoms with Crippen LogP contribution in [0, 0.1) is 13.8 Å². The summed E-state index contributed by atoms with van der Waals surface area (Å²) in [6, 6.07) is 7.71. The van der Waals surface area contributed by atoms with Gasteiger partial charge in [0.2, 0.25) is 0 Å². The predicted molar refractivity (Wildman–Crippen MR) is 95.9 cm³/mol. The van der Waals surface area contributed by atoms with Gasteiger partial charge in [0.15, 0.2) is 5.71 Å². The number of hydrogen-bond acceptors (Lipinski definition) is 4. The lowest BCUT2D eigenvalue weighted by Gasteiger charge is -2.14. The van der Waals surface area contributed by atoms with Crippen molar-refractivity contribution in [1.82, 2.24) is 9.78 Å². The zero-order chi connectivity index (χ0) is 17.3. The zero-order valence-electron chi connectivity index (χ0n) is 14.4. The number of anilines is 1. The Hall–Kier alpha value is -2.76. The second-order valence-corrected chi connectivity index (χ2v) is 5.88. The molecule has 0 atom stereocenters. The van der Waals surface area contributed by atoms with Crippen LogP contribution in [0.25, 0.3) is 0 Å². The smallest absolute Gasteiger partial charge is 0.279 e. The maximum absolute atomic E-state index is 12.6. The molecule has 0 bridgehead atoms. The largest absolute Gasteiger partial charge is 0.306 e. The molecular formula is C18H21N5O. The fraction of sp³-hybridized carbons (Fsp3) is 0.333. The van der Waals surface area contributed by atoms with E-state index < -0.39 is 0 Å². The van der Waals surface area contributed by atoms with E-state index in [4.69, 9.17) is 0 Å². The topological polar surface area (TPSA) is 62.9 Å². The number of nitrogens with zero attached hydrogens (tertiary/aromatic N) is 5. The van der Waals surface area contributed by atoms with Crippen LogP contribution in [0.5, 0.6) is 0 Å². The van der Waals surface area contributed by atoms with E-state index in [1.165, 1.54) is 0 Å². The van der Waals surface area contributed by atoms with Gasteiger partial charge in [-0.05, 0) is 26.3 Å². The molecule has 0 spiro atoms. The minimum absolute atomic E-state index is 0.0881. The lowest BCUT2D eigenvalue weighted by Crippen LogP contribution is -2.30. The van der Waals surface area contributed by atoms with E-state index in [2.05, 4.69) is 22.2 Å². The fourth-order valence-corrected chi connectivity index (χ4v) is 2.93. The first-order valence-electron chi connectivity index (χ1n) is 8.07. The van der Waals surface area contributed by atoms with E-state index >= 15 is 0 Å². The molecule has 1 aliphatic heterocycles. The van der Waals surface area contributed by atoms with Gasteiger partial charge in [0.25, 0.3) is 5.91 Å². The van der Waals surface area contributed by atoms with Crippen molar-refractivity contribution in [2.45, 2.75) is 27.2 Å². The van der Waals surface area contributed by atoms with Crippen LogP contribution >= 0.6 is 0 Å². The Morgan fingerprint density at radius 3 is 2.67 bits per heavy atom. The Balaban J connectivity index is 1.95. The van der Waals surface area contributed by atoms with E-state index in [-0.39, 0.29) is 5.91 Å². The highest BCUT2D eigenvalue weighted by Gasteiger charge is 2.33. The number of aromatic nitrogens is 2. The molecule has 0 saturated heterocycles. The first kappa shape index (κ1) is 16.1. The van der Waals surface area contributed by atoms with Gasteiger partial charge in [-0.2, -0.15) is 10.2 Å². The van der Waals surface area contributed by atoms with Gasteiger partial charge in [0, 0.05) is 30.4 Å². The molecule has 6 nitrogen and oxygen atoms in total. The predicted octanol–water partition coefficient (Wildman–Crippen LogP) is 2.62. The minimum Gasteiger partial charge on any atom is -0.306 e. The number of para-hydroxylation sites is 1. The van der Waals surface area contributed by atoms with Crippen molar-refractivity contribution in [3.05, 3.63) is 46.8 Å². The molecule has 0 aliphatic carbocycles. The lowest BCUT2D eigenvalue weighted by atomic mass is 10.1. The highest BCUT2D eigenvalue weighted by atomic mass is 16.2. The van der Waals surface area contributed by atoms with Crippen LogP contribution in [0.15, 0.2) is 34.5 Å². The van der Waals surface area contributed by atoms with Gasteiger partial charge in [-0.3, -0.25) is 9.48 Å². The number of carbonyl (C=O) groups is 1. The molecule has 0 saturated carbocycles. The molecule has 3 rings (SSSR count). The molecule has 1 amide bonds. The Morgan fingerprint density at radius 2 is 2.00 bits per heavy atom. The molecule has 2 heterocycles. The monoisotopic (exact) mass is 323 g/mol. The molecule has 1 aromatic carbocycles. The normalized spacial score (nSPS) is 15.8. The van der Waals surface area contributed by atoms with Gasteiger partial charge in [0.1, 0.15) is 0 Å². The Bertz CT molecular complexity index is 847. The molecule has 1 aliphatic rings. The van der Waals surface area contributed by atoms with Crippen molar-refractivity contribution in [2.75, 3.05) is 11.4 Å². The van der Waals surface area contributed by atoms with Gasteiger partial charge in [-0.25, -0.2) is 0 Å². The molecule has 24 heavy (non-hydrogen) atoms. The average molecular weight is 323 g/mol. The van der Waals surface area contributed by atoms with Gasteiger partial charge in [0.05, 0.1) is 17.6 Å². The van der Waals surface area contributed by atoms with Crippen LogP contribution in [0.3, 0.4) is 0 Å². The van der Waals surface area contributed by atoms with E-state index in [9.17, 15) is 4.79 Å². The Labute approximate surface area is 141 Å². The summed E-state index contributed by atoms with van der Waals surface area (Å²) in [6.45, 7) is 6.64. The Morgan fingerprint density at radius 1 is 1.25 bits per heavy atom. The average Bonchev–Trinajstić information content (AvgIpc) is 2.97. The van der Waals surface area contributed by atoms with E-state index in [0.29, 0.717) is 12.3 Å². The number of benzene rings is 1. The molecule has 0 unspecified atom stereocenters. The van der Waals surface area contributed by atoms with Gasteiger partial charge in [-0.1, -0.05) is 25.1 Å². The molecule has 0 N–H and O–H groups in total. The van der Waals surface area contributed by atoms with Crippen molar-refractivity contribution in [2.24, 2.45) is 17.3 Å². The van der Waals surface area contributed by atoms with Gasteiger partial charge >= 0.3 is 0 Å². The summed E-state index contributed by atoms with van der Waals surface area (Å²) in [5.74, 6) is -0.0881. The molecule has 6 heteroatoms. The van der Waals surface area contributed by atoms with Crippen LogP contribution in [0.2, 0.25) is 0 Å². The molecule has 1 aromatic heterocycles. The number of carbonyl (C=O) groups excluding carboxylic acids is 1. The zero-order valence-corrected chi connectivity index (χ0v) is 14.4. The summed E-state index contributed by atoms with van der Waals surface area (Å²) in [4.78, 5) is 14.4. The first-order chi connectivity index (χ1) is 11.5. The van der Waals surface area contributed by atoms with E-state index in [1.54, 1.807) is 11.1 Å². The minimum atomic E-state index is -0.0881. The molecule has 0 radical (unpaired) electrons. The standard InChI is InChI=1S/C18H21N5O/c1-5-10-23-16-9-7-6-8-14(16)17(18(23)24)20-19-11-15-12(2)21-22(4)13(15)3/h6-9,11H,5,10H2,1-4H3/b19-11-,20-17+. The van der Waals surface area contributed by atoms with E-state index in [0.717, 1.165) is 34.6 Å². The number of amides is 1. The second-order valence-electron chi connectivity index (χ2n) is 5.88. The van der Waals surface area contributed by atoms with Crippen molar-refractivity contribution in [3.8, 4) is 0 Å². The van der Waals surface area contributed by atoms with E-state index in [1.807, 2.05) is 49.8 Å². The Kier molecular flexibility index (Phi) is 4.29. The number of aryl methyl sites for hydroxylation is 2. The number of rotatable bonds is 4. The van der Waals surface area contributed by atoms with Crippen molar-refractivity contribution in [1.29, 1.82) is 0 Å². The van der Waals surface area contributed by atoms with Gasteiger partial charge in [-0.15, -0.1) is 5.10 Å². The summed E-state index contributed by atoms with van der Waals surface area (Å²) in [7, 11) is 1.89. The number of hydrogen-bond donors (Lipinski definition) is 0. The maximum Gasteiger partial charge on any atom is 0.279 e. The molecule has 124 valence electrons. The third kappa shape index (κ3) is 2.64. The van der Waals surface area contributed by atoms with Gasteiger partial charge < -0.3 is 4.90 Å². The van der Waals surface area contributed by atoms with Crippen LogP contribution in [0.1, 0.15) is 35.9 Å². The summed E-state index contributed by atoms with van der Waals surface area (Å²) >= 11 is 0. The first-order valence-corrected chi connectivity index (χ1v) is 8.07. The maximum atomic E-state index is 12.6. The highest BCUT2D eigenvalue weighted by Crippen LogP contribution is 2.29. The van der Waals surface area contributed by atoms with Crippen LogP contribution < -0.4 is 4.90 Å². The lowest BCUT2D eigenvalue weighted by molar-refractivity contribution is -0.112. The number of fused-ring (bicyclic) bond motifs is 1. The molecule has 2 aromatic rings. The SMILES string of the molecule is CCCN1C(=O)/C(=N/N=C\c2c(C)nn(C)c2C)c2ccccc21. The van der Waals surface area contributed by atoms with Crippen LogP contribution in [0.4, 0.5) is 5.69 Å². The summed E-state index contributed by atoms with van der Waals surface area (Å²) in [6.07, 6.45) is 2.56. The van der Waals surface area contributed by atoms with Crippen molar-refractivity contribution in [3.63, 3.8) is 0 Å². The van der Waals surface area contributed by atoms with Crippen molar-refractivity contribution < 1.29 is 4.79 Å². The third-order valence-corrected chi connectivity index (χ3v) is 4.25. The van der Waals surface area contributed by atoms with Crippen LogP contribution in [-0.2, 0) is 11.8 Å². The van der Waals surface area contributed by atoms with Crippen molar-refractivity contribution >= 4 is 23.5 Å². The summed E-state index contributed by atoms with van der Waals surface area (Å²) in [5.41, 5.74) is 4.99. The fourth-order valence-electron chi connectivity index (χ4n) is 2.93. The molecular weight excluding hydrogens is 302 g/mol. The van der Waals surface area contributed by atoms with Crippen LogP contribution in [-0.4, -0.2) is 34.2 Å². The second kappa shape index (κ2) is 6.39. The highest BCUT2D eigenvalue weighted by molar-refractivity contribution is 6.54. The summed E-state index contributed by atoms with van der Waals surface area (Å²) < 4.78 is 1.81. The summed E-state index contributed by atoms with van der Waals surface area (Å²) in [5, 5.41) is 12.7. The molecule has 0 fully saturated rings.